The molecule has 1 aliphatic carbocycles. The summed E-state index contributed by atoms with van der Waals surface area (Å²) in [6.07, 6.45) is -5.93. The lowest BCUT2D eigenvalue weighted by Gasteiger charge is -2.20. The molecule has 2 atom stereocenters. The van der Waals surface area contributed by atoms with Crippen LogP contribution in [0.3, 0.4) is 0 Å². The summed E-state index contributed by atoms with van der Waals surface area (Å²) >= 11 is 23.7. The summed E-state index contributed by atoms with van der Waals surface area (Å²) in [5.41, 5.74) is -0.883. The molecule has 2 unspecified atom stereocenters. The Labute approximate surface area is 212 Å². The van der Waals surface area contributed by atoms with E-state index in [1.165, 1.54) is 17.4 Å². The van der Waals surface area contributed by atoms with Gasteiger partial charge in [0.25, 0.3) is 5.91 Å². The molecule has 0 spiro atoms. The van der Waals surface area contributed by atoms with Crippen LogP contribution in [0.5, 0.6) is 0 Å². The standard InChI is InChI=1S/C20H11Cl4F7N2O2/c21-10-3-7(1-2-11(10)25)13-14(19(13,23)24)17(35)33-8-4-9(15(22)12(26)5-8)16(34)32-6-18(27,28)20(29,30)31/h1-5,13-14H,6H2,(H,32,34)(H,33,35). The van der Waals surface area contributed by atoms with Gasteiger partial charge in [0.2, 0.25) is 5.91 Å². The molecule has 0 aromatic heterocycles. The summed E-state index contributed by atoms with van der Waals surface area (Å²) in [7, 11) is 0. The third-order valence-electron chi connectivity index (χ3n) is 5.06. The fourth-order valence-corrected chi connectivity index (χ4v) is 4.42. The van der Waals surface area contributed by atoms with Gasteiger partial charge < -0.3 is 10.6 Å². The molecule has 2 amide bonds. The minimum absolute atomic E-state index is 0.246. The second-order valence-corrected chi connectivity index (χ2v) is 9.73. The lowest BCUT2D eigenvalue weighted by Crippen LogP contribution is -2.46. The Kier molecular flexibility index (Phi) is 7.50. The van der Waals surface area contributed by atoms with E-state index in [9.17, 15) is 40.3 Å². The van der Waals surface area contributed by atoms with E-state index in [2.05, 4.69) is 5.32 Å². The molecule has 0 heterocycles. The summed E-state index contributed by atoms with van der Waals surface area (Å²) in [5.74, 6) is -11.6. The molecule has 1 fully saturated rings. The van der Waals surface area contributed by atoms with Gasteiger partial charge in [0.05, 0.1) is 28.1 Å². The quantitative estimate of drug-likeness (QED) is 0.292. The van der Waals surface area contributed by atoms with Gasteiger partial charge in [0.1, 0.15) is 16.0 Å². The largest absolute Gasteiger partial charge is 0.455 e. The summed E-state index contributed by atoms with van der Waals surface area (Å²) in [5, 5.41) is 2.42. The molecule has 15 heteroatoms. The van der Waals surface area contributed by atoms with Crippen LogP contribution >= 0.6 is 46.4 Å². The Morgan fingerprint density at radius 3 is 2.17 bits per heavy atom. The number of anilines is 1. The first-order valence-corrected chi connectivity index (χ1v) is 10.8. The number of nitrogens with one attached hydrogen (secondary N) is 2. The van der Waals surface area contributed by atoms with Crippen molar-refractivity contribution in [3.63, 3.8) is 0 Å². The van der Waals surface area contributed by atoms with Gasteiger partial charge in [0, 0.05) is 11.6 Å². The second kappa shape index (κ2) is 9.49. The molecular formula is C20H11Cl4F7N2O2. The summed E-state index contributed by atoms with van der Waals surface area (Å²) in [6, 6.07) is 5.00. The van der Waals surface area contributed by atoms with E-state index in [1.807, 2.05) is 0 Å². The van der Waals surface area contributed by atoms with Crippen molar-refractivity contribution in [1.29, 1.82) is 0 Å². The van der Waals surface area contributed by atoms with Gasteiger partial charge in [-0.3, -0.25) is 9.59 Å². The van der Waals surface area contributed by atoms with Crippen molar-refractivity contribution in [1.82, 2.24) is 5.32 Å². The van der Waals surface area contributed by atoms with Crippen LogP contribution in [0.1, 0.15) is 21.8 Å². The van der Waals surface area contributed by atoms with E-state index in [0.717, 1.165) is 12.1 Å². The number of rotatable bonds is 6. The van der Waals surface area contributed by atoms with E-state index in [1.54, 1.807) is 0 Å². The van der Waals surface area contributed by atoms with Crippen LogP contribution in [0.25, 0.3) is 0 Å². The fourth-order valence-electron chi connectivity index (χ4n) is 3.21. The molecule has 190 valence electrons. The zero-order chi connectivity index (χ0) is 26.5. The first-order valence-electron chi connectivity index (χ1n) is 9.32. The SMILES string of the molecule is O=C(NCC(F)(F)C(F)(F)F)c1cc(NC(=O)C2C(c3ccc(F)c(Cl)c3)C2(Cl)Cl)cc(F)c1Cl. The maximum Gasteiger partial charge on any atom is 0.455 e. The van der Waals surface area contributed by atoms with Gasteiger partial charge in [-0.1, -0.05) is 29.3 Å². The van der Waals surface area contributed by atoms with Crippen molar-refractivity contribution in [2.24, 2.45) is 5.92 Å². The van der Waals surface area contributed by atoms with E-state index < -0.39 is 74.5 Å². The molecule has 3 rings (SSSR count). The maximum absolute atomic E-state index is 14.2. The van der Waals surface area contributed by atoms with Crippen LogP contribution in [0.2, 0.25) is 10.0 Å². The fraction of sp³-hybridized carbons (Fsp3) is 0.300. The molecular weight excluding hydrogens is 575 g/mol. The highest BCUT2D eigenvalue weighted by atomic mass is 35.5. The Morgan fingerprint density at radius 1 is 0.971 bits per heavy atom. The van der Waals surface area contributed by atoms with Crippen molar-refractivity contribution in [3.8, 4) is 0 Å². The number of carbonyl (C=O) groups is 2. The average Bonchev–Trinajstić information content (AvgIpc) is 3.32. The van der Waals surface area contributed by atoms with Crippen LogP contribution in [0.4, 0.5) is 36.4 Å². The number of amides is 2. The third-order valence-corrected chi connectivity index (χ3v) is 6.68. The van der Waals surface area contributed by atoms with Crippen molar-refractivity contribution >= 4 is 63.9 Å². The molecule has 35 heavy (non-hydrogen) atoms. The Bertz CT molecular complexity index is 1190. The van der Waals surface area contributed by atoms with E-state index >= 15 is 0 Å². The zero-order valence-electron chi connectivity index (χ0n) is 16.7. The normalized spacial score (nSPS) is 19.3. The molecule has 4 nitrogen and oxygen atoms in total. The topological polar surface area (TPSA) is 58.2 Å². The number of alkyl halides is 7. The lowest BCUT2D eigenvalue weighted by atomic mass is 10.1. The lowest BCUT2D eigenvalue weighted by molar-refractivity contribution is -0.278. The molecule has 1 aliphatic rings. The first kappa shape index (κ1) is 27.6. The van der Waals surface area contributed by atoms with Gasteiger partial charge in [-0.15, -0.1) is 23.2 Å². The van der Waals surface area contributed by atoms with Crippen molar-refractivity contribution in [3.05, 3.63) is 63.1 Å². The van der Waals surface area contributed by atoms with Crippen LogP contribution in [-0.4, -0.2) is 34.8 Å². The second-order valence-electron chi connectivity index (χ2n) is 7.50. The highest BCUT2D eigenvalue weighted by Gasteiger charge is 2.67. The van der Waals surface area contributed by atoms with E-state index in [-0.39, 0.29) is 5.02 Å². The Hall–Kier alpha value is -1.95. The molecule has 0 radical (unpaired) electrons. The molecule has 0 bridgehead atoms. The van der Waals surface area contributed by atoms with E-state index in [4.69, 9.17) is 46.4 Å². The van der Waals surface area contributed by atoms with Crippen LogP contribution < -0.4 is 10.6 Å². The highest BCUT2D eigenvalue weighted by molar-refractivity contribution is 6.53. The average molecular weight is 586 g/mol. The molecule has 1 saturated carbocycles. The molecule has 0 saturated heterocycles. The van der Waals surface area contributed by atoms with Crippen molar-refractivity contribution in [2.45, 2.75) is 22.4 Å². The summed E-state index contributed by atoms with van der Waals surface area (Å²) in [6.45, 7) is -2.13. The summed E-state index contributed by atoms with van der Waals surface area (Å²) in [4.78, 5) is 24.8. The number of hydrogen-bond donors (Lipinski definition) is 2. The molecule has 2 N–H and O–H groups in total. The molecule has 2 aromatic carbocycles. The van der Waals surface area contributed by atoms with Gasteiger partial charge in [0.15, 0.2) is 0 Å². The van der Waals surface area contributed by atoms with Crippen molar-refractivity contribution in [2.75, 3.05) is 11.9 Å². The Morgan fingerprint density at radius 2 is 1.60 bits per heavy atom. The molecule has 2 aromatic rings. The third kappa shape index (κ3) is 5.58. The number of benzene rings is 2. The van der Waals surface area contributed by atoms with Crippen LogP contribution in [0.15, 0.2) is 30.3 Å². The number of carbonyl (C=O) groups excluding carboxylic acids is 2. The predicted molar refractivity (Wildman–Crippen MR) is 115 cm³/mol. The highest BCUT2D eigenvalue weighted by Crippen LogP contribution is 2.65. The summed E-state index contributed by atoms with van der Waals surface area (Å²) < 4.78 is 89.0. The van der Waals surface area contributed by atoms with Gasteiger partial charge in [-0.05, 0) is 29.8 Å². The first-order chi connectivity index (χ1) is 16.0. The Balaban J connectivity index is 1.78. The zero-order valence-corrected chi connectivity index (χ0v) is 19.7. The van der Waals surface area contributed by atoms with E-state index in [0.29, 0.717) is 11.6 Å². The number of hydrogen-bond acceptors (Lipinski definition) is 2. The minimum atomic E-state index is -5.93. The predicted octanol–water partition coefficient (Wildman–Crippen LogP) is 6.73. The van der Waals surface area contributed by atoms with Gasteiger partial charge in [-0.25, -0.2) is 8.78 Å². The van der Waals surface area contributed by atoms with Crippen LogP contribution in [-0.2, 0) is 4.79 Å². The maximum atomic E-state index is 14.2. The van der Waals surface area contributed by atoms with Gasteiger partial charge >= 0.3 is 12.1 Å². The van der Waals surface area contributed by atoms with Gasteiger partial charge in [-0.2, -0.15) is 22.0 Å². The monoisotopic (exact) mass is 584 g/mol. The molecule has 0 aliphatic heterocycles. The smallest absolute Gasteiger partial charge is 0.346 e. The minimum Gasteiger partial charge on any atom is -0.346 e. The van der Waals surface area contributed by atoms with Crippen molar-refractivity contribution < 1.29 is 40.3 Å². The number of halogens is 11. The van der Waals surface area contributed by atoms with Crippen LogP contribution in [0, 0.1) is 17.6 Å².